The number of anilines is 2. The van der Waals surface area contributed by atoms with E-state index in [4.69, 9.17) is 9.72 Å². The Bertz CT molecular complexity index is 1120. The van der Waals surface area contributed by atoms with Gasteiger partial charge in [0.2, 0.25) is 0 Å². The van der Waals surface area contributed by atoms with Crippen LogP contribution in [0.4, 0.5) is 11.4 Å². The summed E-state index contributed by atoms with van der Waals surface area (Å²) in [6.07, 6.45) is 3.77. The van der Waals surface area contributed by atoms with E-state index in [0.717, 1.165) is 66.6 Å². The average Bonchev–Trinajstić information content (AvgIpc) is 2.82. The van der Waals surface area contributed by atoms with Crippen molar-refractivity contribution in [3.05, 3.63) is 65.4 Å². The van der Waals surface area contributed by atoms with Gasteiger partial charge in [-0.15, -0.1) is 0 Å². The van der Waals surface area contributed by atoms with E-state index in [1.54, 1.807) is 0 Å². The maximum Gasteiger partial charge on any atom is 0.339 e. The van der Waals surface area contributed by atoms with Crippen molar-refractivity contribution >= 4 is 34.2 Å². The van der Waals surface area contributed by atoms with Crippen LogP contribution in [0.3, 0.4) is 0 Å². The molecule has 32 heavy (non-hydrogen) atoms. The number of rotatable bonds is 7. The zero-order chi connectivity index (χ0) is 22.5. The minimum atomic E-state index is -0.464. The number of aromatic nitrogens is 1. The van der Waals surface area contributed by atoms with Gasteiger partial charge in [0, 0.05) is 35.5 Å². The van der Waals surface area contributed by atoms with E-state index in [-0.39, 0.29) is 12.5 Å². The summed E-state index contributed by atoms with van der Waals surface area (Å²) < 4.78 is 5.45. The van der Waals surface area contributed by atoms with E-state index in [0.29, 0.717) is 11.3 Å². The fourth-order valence-corrected chi connectivity index (χ4v) is 4.35. The van der Waals surface area contributed by atoms with E-state index in [1.165, 1.54) is 0 Å². The molecule has 1 aliphatic rings. The van der Waals surface area contributed by atoms with Crippen molar-refractivity contribution in [2.75, 3.05) is 29.9 Å². The lowest BCUT2D eigenvalue weighted by molar-refractivity contribution is -0.119. The molecule has 0 atom stereocenters. The molecule has 1 heterocycles. The van der Waals surface area contributed by atoms with Crippen LogP contribution in [0, 0.1) is 0 Å². The minimum Gasteiger partial charge on any atom is -0.452 e. The zero-order valence-corrected chi connectivity index (χ0v) is 18.7. The topological polar surface area (TPSA) is 71.5 Å². The standard InChI is InChI=1S/C26H29N3O3/c1-3-29(4-2)19-15-13-18(14-16-19)27-24(30)17-32-26(31)25-20-9-5-7-11-22(20)28-23-12-8-6-10-21(23)25/h5,7,9,11,13-16H,3-4,6,8,10,12,17H2,1-2H3,(H,27,30). The van der Waals surface area contributed by atoms with Crippen molar-refractivity contribution in [2.45, 2.75) is 39.5 Å². The molecule has 0 unspecified atom stereocenters. The third-order valence-corrected chi connectivity index (χ3v) is 5.99. The maximum atomic E-state index is 13.0. The summed E-state index contributed by atoms with van der Waals surface area (Å²) in [5.74, 6) is -0.824. The van der Waals surface area contributed by atoms with Crippen LogP contribution >= 0.6 is 0 Å². The number of para-hydroxylation sites is 1. The number of nitrogens with zero attached hydrogens (tertiary/aromatic N) is 2. The molecule has 3 aromatic rings. The van der Waals surface area contributed by atoms with Crippen molar-refractivity contribution < 1.29 is 14.3 Å². The molecule has 0 bridgehead atoms. The number of amides is 1. The molecule has 0 spiro atoms. The molecule has 0 saturated heterocycles. The highest BCUT2D eigenvalue weighted by Crippen LogP contribution is 2.29. The second-order valence-corrected chi connectivity index (χ2v) is 7.98. The smallest absolute Gasteiger partial charge is 0.339 e. The van der Waals surface area contributed by atoms with Gasteiger partial charge in [0.05, 0.1) is 11.1 Å². The minimum absolute atomic E-state index is 0.331. The van der Waals surface area contributed by atoms with Crippen LogP contribution in [0.25, 0.3) is 10.9 Å². The van der Waals surface area contributed by atoms with Crippen molar-refractivity contribution in [3.63, 3.8) is 0 Å². The number of ether oxygens (including phenoxy) is 1. The third kappa shape index (κ3) is 4.59. The highest BCUT2D eigenvalue weighted by atomic mass is 16.5. The number of carbonyl (C=O) groups is 2. The normalized spacial score (nSPS) is 12.8. The Kier molecular flexibility index (Phi) is 6.69. The molecule has 1 aromatic heterocycles. The fraction of sp³-hybridized carbons (Fsp3) is 0.346. The van der Waals surface area contributed by atoms with Gasteiger partial charge in [-0.3, -0.25) is 9.78 Å². The van der Waals surface area contributed by atoms with Crippen LogP contribution in [-0.2, 0) is 22.4 Å². The zero-order valence-electron chi connectivity index (χ0n) is 18.7. The van der Waals surface area contributed by atoms with Crippen LogP contribution in [-0.4, -0.2) is 36.6 Å². The van der Waals surface area contributed by atoms with Crippen LogP contribution in [0.1, 0.15) is 48.3 Å². The molecule has 6 heteroatoms. The monoisotopic (exact) mass is 431 g/mol. The molecule has 0 fully saturated rings. The molecule has 4 rings (SSSR count). The third-order valence-electron chi connectivity index (χ3n) is 5.99. The number of fused-ring (bicyclic) bond motifs is 2. The predicted molar refractivity (Wildman–Crippen MR) is 127 cm³/mol. The van der Waals surface area contributed by atoms with Crippen molar-refractivity contribution in [1.82, 2.24) is 4.98 Å². The molecule has 6 nitrogen and oxygen atoms in total. The number of benzene rings is 2. The number of pyridine rings is 1. The molecular formula is C26H29N3O3. The van der Waals surface area contributed by atoms with Crippen LogP contribution in [0.5, 0.6) is 0 Å². The van der Waals surface area contributed by atoms with Gasteiger partial charge in [-0.05, 0) is 75.4 Å². The Morgan fingerprint density at radius 3 is 2.47 bits per heavy atom. The highest BCUT2D eigenvalue weighted by molar-refractivity contribution is 6.06. The second-order valence-electron chi connectivity index (χ2n) is 7.98. The number of hydrogen-bond acceptors (Lipinski definition) is 5. The van der Waals surface area contributed by atoms with Gasteiger partial charge in [-0.1, -0.05) is 18.2 Å². The summed E-state index contributed by atoms with van der Waals surface area (Å²) in [5.41, 5.74) is 5.06. The van der Waals surface area contributed by atoms with E-state index in [1.807, 2.05) is 48.5 Å². The van der Waals surface area contributed by atoms with Crippen LogP contribution in [0.2, 0.25) is 0 Å². The fourth-order valence-electron chi connectivity index (χ4n) is 4.35. The molecule has 1 amide bonds. The van der Waals surface area contributed by atoms with E-state index < -0.39 is 5.97 Å². The first-order chi connectivity index (χ1) is 15.6. The summed E-state index contributed by atoms with van der Waals surface area (Å²) in [7, 11) is 0. The molecule has 0 aliphatic heterocycles. The Morgan fingerprint density at radius 1 is 1.00 bits per heavy atom. The summed E-state index contributed by atoms with van der Waals surface area (Å²) in [6, 6.07) is 15.3. The van der Waals surface area contributed by atoms with Gasteiger partial charge >= 0.3 is 5.97 Å². The number of aryl methyl sites for hydroxylation is 1. The van der Waals surface area contributed by atoms with Crippen LogP contribution in [0.15, 0.2) is 48.5 Å². The molecule has 1 N–H and O–H groups in total. The lowest BCUT2D eigenvalue weighted by Crippen LogP contribution is -2.23. The molecular weight excluding hydrogens is 402 g/mol. The Hall–Kier alpha value is -3.41. The van der Waals surface area contributed by atoms with Crippen molar-refractivity contribution in [3.8, 4) is 0 Å². The van der Waals surface area contributed by atoms with E-state index in [9.17, 15) is 9.59 Å². The summed E-state index contributed by atoms with van der Waals surface area (Å²) in [6.45, 7) is 5.73. The molecule has 166 valence electrons. The first-order valence-electron chi connectivity index (χ1n) is 11.3. The Balaban J connectivity index is 1.45. The number of nitrogens with one attached hydrogen (secondary N) is 1. The second kappa shape index (κ2) is 9.81. The largest absolute Gasteiger partial charge is 0.452 e. The SMILES string of the molecule is CCN(CC)c1ccc(NC(=O)COC(=O)c2c3c(nc4ccccc24)CCCC3)cc1. The van der Waals surface area contributed by atoms with E-state index in [2.05, 4.69) is 24.1 Å². The lowest BCUT2D eigenvalue weighted by atomic mass is 9.90. The van der Waals surface area contributed by atoms with Gasteiger partial charge < -0.3 is 15.0 Å². The summed E-state index contributed by atoms with van der Waals surface area (Å²) in [4.78, 5) is 32.4. The highest BCUT2D eigenvalue weighted by Gasteiger charge is 2.24. The van der Waals surface area contributed by atoms with Gasteiger partial charge in [0.1, 0.15) is 0 Å². The van der Waals surface area contributed by atoms with Gasteiger partial charge in [0.15, 0.2) is 6.61 Å². The first-order valence-corrected chi connectivity index (χ1v) is 11.3. The molecule has 0 radical (unpaired) electrons. The predicted octanol–water partition coefficient (Wildman–Crippen LogP) is 4.76. The lowest BCUT2D eigenvalue weighted by Gasteiger charge is -2.21. The molecule has 1 aliphatic carbocycles. The summed E-state index contributed by atoms with van der Waals surface area (Å²) in [5, 5.41) is 3.59. The number of hydrogen-bond donors (Lipinski definition) is 1. The van der Waals surface area contributed by atoms with Crippen molar-refractivity contribution in [2.24, 2.45) is 0 Å². The van der Waals surface area contributed by atoms with E-state index >= 15 is 0 Å². The molecule has 2 aromatic carbocycles. The Morgan fingerprint density at radius 2 is 1.72 bits per heavy atom. The quantitative estimate of drug-likeness (QED) is 0.547. The van der Waals surface area contributed by atoms with Gasteiger partial charge in [-0.25, -0.2) is 4.79 Å². The number of carbonyl (C=O) groups excluding carboxylic acids is 2. The first kappa shape index (κ1) is 21.8. The van der Waals surface area contributed by atoms with Gasteiger partial charge in [-0.2, -0.15) is 0 Å². The van der Waals surface area contributed by atoms with Gasteiger partial charge in [0.25, 0.3) is 5.91 Å². The average molecular weight is 432 g/mol. The number of esters is 1. The van der Waals surface area contributed by atoms with Crippen LogP contribution < -0.4 is 10.2 Å². The Labute approximate surface area is 188 Å². The molecule has 0 saturated carbocycles. The van der Waals surface area contributed by atoms with Crippen molar-refractivity contribution in [1.29, 1.82) is 0 Å². The summed E-state index contributed by atoms with van der Waals surface area (Å²) >= 11 is 0. The maximum absolute atomic E-state index is 13.0.